The van der Waals surface area contributed by atoms with Crippen LogP contribution < -0.4 is 11.2 Å². The molecule has 158 valence electrons. The standard InChI is InChI=1S/C24H17ClN4O3/c1-14-2-6-16(7-3-14)21-27-22(32-28-21)17-8-11-19-20(12-17)26-24(31)29(23(19)30)13-15-4-9-18(25)10-5-15/h2-12H,13H2,1H3,(H,26,31). The van der Waals surface area contributed by atoms with E-state index in [1.54, 1.807) is 42.5 Å². The van der Waals surface area contributed by atoms with E-state index in [0.717, 1.165) is 21.3 Å². The zero-order chi connectivity index (χ0) is 22.2. The number of halogens is 1. The Morgan fingerprint density at radius 2 is 1.69 bits per heavy atom. The maximum absolute atomic E-state index is 13.0. The van der Waals surface area contributed by atoms with E-state index >= 15 is 0 Å². The lowest BCUT2D eigenvalue weighted by molar-refractivity contribution is 0.432. The van der Waals surface area contributed by atoms with Gasteiger partial charge in [0, 0.05) is 16.1 Å². The fraction of sp³-hybridized carbons (Fsp3) is 0.0833. The topological polar surface area (TPSA) is 93.8 Å². The van der Waals surface area contributed by atoms with Gasteiger partial charge in [0.1, 0.15) is 0 Å². The Morgan fingerprint density at radius 1 is 0.969 bits per heavy atom. The fourth-order valence-corrected chi connectivity index (χ4v) is 3.59. The molecule has 8 heteroatoms. The van der Waals surface area contributed by atoms with Crippen LogP contribution in [0.2, 0.25) is 5.02 Å². The Kier molecular flexibility index (Phi) is 4.95. The fourth-order valence-electron chi connectivity index (χ4n) is 3.46. The van der Waals surface area contributed by atoms with Crippen LogP contribution in [-0.4, -0.2) is 19.7 Å². The molecule has 5 rings (SSSR count). The number of fused-ring (bicyclic) bond motifs is 1. The maximum Gasteiger partial charge on any atom is 0.329 e. The second kappa shape index (κ2) is 7.94. The lowest BCUT2D eigenvalue weighted by atomic mass is 10.1. The molecule has 3 aromatic carbocycles. The summed E-state index contributed by atoms with van der Waals surface area (Å²) in [5.74, 6) is 0.764. The summed E-state index contributed by atoms with van der Waals surface area (Å²) in [6.07, 6.45) is 0. The van der Waals surface area contributed by atoms with Crippen molar-refractivity contribution in [3.8, 4) is 22.8 Å². The zero-order valence-corrected chi connectivity index (χ0v) is 17.8. The van der Waals surface area contributed by atoms with Gasteiger partial charge in [0.2, 0.25) is 5.82 Å². The van der Waals surface area contributed by atoms with E-state index in [0.29, 0.717) is 33.2 Å². The quantitative estimate of drug-likeness (QED) is 0.443. The number of aromatic nitrogens is 4. The van der Waals surface area contributed by atoms with Crippen molar-refractivity contribution in [2.75, 3.05) is 0 Å². The van der Waals surface area contributed by atoms with Gasteiger partial charge in [0.15, 0.2) is 0 Å². The first-order chi connectivity index (χ1) is 15.5. The van der Waals surface area contributed by atoms with Crippen molar-refractivity contribution in [2.45, 2.75) is 13.5 Å². The van der Waals surface area contributed by atoms with Crippen LogP contribution >= 0.6 is 11.6 Å². The van der Waals surface area contributed by atoms with Crippen LogP contribution in [0, 0.1) is 6.92 Å². The summed E-state index contributed by atoms with van der Waals surface area (Å²) >= 11 is 5.91. The number of benzene rings is 3. The number of nitrogens with one attached hydrogen (secondary N) is 1. The molecule has 2 aromatic heterocycles. The summed E-state index contributed by atoms with van der Waals surface area (Å²) < 4.78 is 6.57. The summed E-state index contributed by atoms with van der Waals surface area (Å²) in [7, 11) is 0. The number of hydrogen-bond donors (Lipinski definition) is 1. The van der Waals surface area contributed by atoms with Gasteiger partial charge in [-0.2, -0.15) is 4.98 Å². The molecule has 0 bridgehead atoms. The van der Waals surface area contributed by atoms with Crippen molar-refractivity contribution in [3.63, 3.8) is 0 Å². The van der Waals surface area contributed by atoms with Gasteiger partial charge < -0.3 is 9.51 Å². The van der Waals surface area contributed by atoms with Crippen molar-refractivity contribution in [1.82, 2.24) is 19.7 Å². The Balaban J connectivity index is 1.51. The van der Waals surface area contributed by atoms with Gasteiger partial charge in [-0.1, -0.05) is 58.7 Å². The van der Waals surface area contributed by atoms with E-state index < -0.39 is 5.69 Å². The van der Waals surface area contributed by atoms with Crippen LogP contribution in [0.5, 0.6) is 0 Å². The average Bonchev–Trinajstić information content (AvgIpc) is 3.28. The number of H-pyrrole nitrogens is 1. The minimum Gasteiger partial charge on any atom is -0.334 e. The van der Waals surface area contributed by atoms with Gasteiger partial charge in [-0.05, 0) is 42.8 Å². The summed E-state index contributed by atoms with van der Waals surface area (Å²) in [5.41, 5.74) is 2.90. The second-order valence-electron chi connectivity index (χ2n) is 7.50. The lowest BCUT2D eigenvalue weighted by Gasteiger charge is -2.07. The summed E-state index contributed by atoms with van der Waals surface area (Å²) in [6.45, 7) is 2.15. The molecule has 2 heterocycles. The van der Waals surface area contributed by atoms with Crippen LogP contribution in [0.3, 0.4) is 0 Å². The summed E-state index contributed by atoms with van der Waals surface area (Å²) in [5, 5.41) is 5.02. The molecule has 0 aliphatic rings. The van der Waals surface area contributed by atoms with E-state index in [2.05, 4.69) is 15.1 Å². The van der Waals surface area contributed by atoms with Crippen LogP contribution in [0.1, 0.15) is 11.1 Å². The summed E-state index contributed by atoms with van der Waals surface area (Å²) in [4.78, 5) is 32.8. The molecule has 0 saturated heterocycles. The smallest absolute Gasteiger partial charge is 0.329 e. The minimum absolute atomic E-state index is 0.145. The highest BCUT2D eigenvalue weighted by Gasteiger charge is 2.14. The van der Waals surface area contributed by atoms with Gasteiger partial charge in [-0.25, -0.2) is 4.79 Å². The molecule has 0 saturated carbocycles. The first kappa shape index (κ1) is 20.0. The van der Waals surface area contributed by atoms with Crippen LogP contribution in [0.15, 0.2) is 80.8 Å². The van der Waals surface area contributed by atoms with Crippen LogP contribution in [0.25, 0.3) is 33.7 Å². The molecule has 1 N–H and O–H groups in total. The number of aromatic amines is 1. The average molecular weight is 445 g/mol. The minimum atomic E-state index is -0.500. The predicted molar refractivity (Wildman–Crippen MR) is 123 cm³/mol. The first-order valence-corrected chi connectivity index (χ1v) is 10.3. The van der Waals surface area contributed by atoms with Crippen molar-refractivity contribution < 1.29 is 4.52 Å². The molecule has 0 amide bonds. The number of nitrogens with zero attached hydrogens (tertiary/aromatic N) is 3. The van der Waals surface area contributed by atoms with E-state index in [-0.39, 0.29) is 12.1 Å². The van der Waals surface area contributed by atoms with E-state index in [4.69, 9.17) is 16.1 Å². The molecule has 0 spiro atoms. The molecule has 5 aromatic rings. The monoisotopic (exact) mass is 444 g/mol. The Hall–Kier alpha value is -3.97. The zero-order valence-electron chi connectivity index (χ0n) is 17.0. The second-order valence-corrected chi connectivity index (χ2v) is 7.93. The van der Waals surface area contributed by atoms with Crippen molar-refractivity contribution in [1.29, 1.82) is 0 Å². The van der Waals surface area contributed by atoms with Gasteiger partial charge >= 0.3 is 5.69 Å². The Bertz CT molecular complexity index is 1550. The van der Waals surface area contributed by atoms with Crippen molar-refractivity contribution in [2.24, 2.45) is 0 Å². The predicted octanol–water partition coefficient (Wildman–Crippen LogP) is 4.42. The van der Waals surface area contributed by atoms with Crippen molar-refractivity contribution >= 4 is 22.5 Å². The first-order valence-electron chi connectivity index (χ1n) is 9.90. The van der Waals surface area contributed by atoms with Gasteiger partial charge in [-0.3, -0.25) is 9.36 Å². The normalized spacial score (nSPS) is 11.2. The maximum atomic E-state index is 13.0. The molecule has 0 aliphatic carbocycles. The molecule has 32 heavy (non-hydrogen) atoms. The third-order valence-corrected chi connectivity index (χ3v) is 5.47. The third-order valence-electron chi connectivity index (χ3n) is 5.22. The number of rotatable bonds is 4. The number of hydrogen-bond acceptors (Lipinski definition) is 5. The molecule has 0 radical (unpaired) electrons. The van der Waals surface area contributed by atoms with Gasteiger partial charge in [0.05, 0.1) is 17.4 Å². The lowest BCUT2D eigenvalue weighted by Crippen LogP contribution is -2.35. The molecule has 7 nitrogen and oxygen atoms in total. The van der Waals surface area contributed by atoms with Gasteiger partial charge in [0.25, 0.3) is 11.4 Å². The Morgan fingerprint density at radius 3 is 2.44 bits per heavy atom. The Labute approximate surface area is 186 Å². The van der Waals surface area contributed by atoms with Crippen molar-refractivity contribution in [3.05, 3.63) is 104 Å². The van der Waals surface area contributed by atoms with E-state index in [9.17, 15) is 9.59 Å². The third kappa shape index (κ3) is 3.74. The highest BCUT2D eigenvalue weighted by Crippen LogP contribution is 2.24. The molecule has 0 aliphatic heterocycles. The van der Waals surface area contributed by atoms with Crippen LogP contribution in [0.4, 0.5) is 0 Å². The summed E-state index contributed by atoms with van der Waals surface area (Å²) in [6, 6.07) is 19.8. The number of aryl methyl sites for hydroxylation is 1. The molecule has 0 atom stereocenters. The van der Waals surface area contributed by atoms with E-state index in [1.807, 2.05) is 31.2 Å². The SMILES string of the molecule is Cc1ccc(-c2noc(-c3ccc4c(=O)n(Cc5ccc(Cl)cc5)c(=O)[nH]c4c3)n2)cc1. The molecule has 0 fully saturated rings. The van der Waals surface area contributed by atoms with E-state index in [1.165, 1.54) is 0 Å². The largest absolute Gasteiger partial charge is 0.334 e. The highest BCUT2D eigenvalue weighted by molar-refractivity contribution is 6.30. The molecular formula is C24H17ClN4O3. The van der Waals surface area contributed by atoms with Crippen LogP contribution in [-0.2, 0) is 6.54 Å². The molecular weight excluding hydrogens is 428 g/mol. The van der Waals surface area contributed by atoms with Gasteiger partial charge in [-0.15, -0.1) is 0 Å². The highest BCUT2D eigenvalue weighted by atomic mass is 35.5. The molecule has 0 unspecified atom stereocenters.